The number of rotatable bonds is 7. The Kier molecular flexibility index (Phi) is 6.40. The van der Waals surface area contributed by atoms with Gasteiger partial charge in [0, 0.05) is 18.3 Å². The number of alkyl halides is 3. The molecule has 0 saturated heterocycles. The molecule has 0 aliphatic carbocycles. The van der Waals surface area contributed by atoms with Crippen molar-refractivity contribution in [1.29, 1.82) is 0 Å². The van der Waals surface area contributed by atoms with Crippen LogP contribution in [-0.4, -0.2) is 23.8 Å². The molecule has 20 heavy (non-hydrogen) atoms. The molecule has 5 heteroatoms. The van der Waals surface area contributed by atoms with E-state index in [4.69, 9.17) is 0 Å². The molecular weight excluding hydrogens is 283 g/mol. The largest absolute Gasteiger partial charge is 0.441 e. The van der Waals surface area contributed by atoms with Gasteiger partial charge in [-0.05, 0) is 36.1 Å². The first-order valence-corrected chi connectivity index (χ1v) is 7.69. The maximum absolute atomic E-state index is 12.0. The second-order valence-corrected chi connectivity index (χ2v) is 6.76. The number of benzene rings is 1. The van der Waals surface area contributed by atoms with Crippen LogP contribution < -0.4 is 5.32 Å². The van der Waals surface area contributed by atoms with Gasteiger partial charge in [-0.3, -0.25) is 0 Å². The average molecular weight is 305 g/mol. The van der Waals surface area contributed by atoms with Crippen molar-refractivity contribution >= 4 is 11.8 Å². The summed E-state index contributed by atoms with van der Waals surface area (Å²) < 4.78 is 36.0. The Labute approximate surface area is 123 Å². The highest BCUT2D eigenvalue weighted by Gasteiger charge is 2.27. The lowest BCUT2D eigenvalue weighted by Gasteiger charge is -2.29. The van der Waals surface area contributed by atoms with Gasteiger partial charge in [-0.15, -0.1) is 0 Å². The highest BCUT2D eigenvalue weighted by atomic mass is 32.2. The van der Waals surface area contributed by atoms with Crippen molar-refractivity contribution in [3.8, 4) is 0 Å². The second-order valence-electron chi connectivity index (χ2n) is 5.60. The quantitative estimate of drug-likeness (QED) is 0.740. The Morgan fingerprint density at radius 2 is 1.75 bits per heavy atom. The van der Waals surface area contributed by atoms with E-state index in [0.717, 1.165) is 6.42 Å². The van der Waals surface area contributed by atoms with Crippen LogP contribution in [0.2, 0.25) is 0 Å². The summed E-state index contributed by atoms with van der Waals surface area (Å²) in [6.07, 6.45) is 0.883. The van der Waals surface area contributed by atoms with Crippen molar-refractivity contribution in [3.05, 3.63) is 35.9 Å². The molecule has 0 aromatic heterocycles. The van der Waals surface area contributed by atoms with Gasteiger partial charge in [-0.2, -0.15) is 13.2 Å². The van der Waals surface area contributed by atoms with Crippen molar-refractivity contribution in [2.45, 2.75) is 44.2 Å². The van der Waals surface area contributed by atoms with E-state index in [1.807, 2.05) is 25.1 Å². The van der Waals surface area contributed by atoms with Crippen LogP contribution in [0.3, 0.4) is 0 Å². The van der Waals surface area contributed by atoms with Gasteiger partial charge in [-0.1, -0.05) is 44.2 Å². The molecule has 0 heterocycles. The molecule has 0 aliphatic heterocycles. The van der Waals surface area contributed by atoms with E-state index in [-0.39, 0.29) is 29.0 Å². The third-order valence-electron chi connectivity index (χ3n) is 3.23. The van der Waals surface area contributed by atoms with Gasteiger partial charge in [0.25, 0.3) is 0 Å². The summed E-state index contributed by atoms with van der Waals surface area (Å²) >= 11 is 0.0274. The fourth-order valence-corrected chi connectivity index (χ4v) is 2.77. The minimum Gasteiger partial charge on any atom is -0.313 e. The first-order chi connectivity index (χ1) is 9.21. The number of hydrogen-bond acceptors (Lipinski definition) is 2. The lowest BCUT2D eigenvalue weighted by Crippen LogP contribution is -2.34. The average Bonchev–Trinajstić information content (AvgIpc) is 2.34. The highest BCUT2D eigenvalue weighted by molar-refractivity contribution is 8.00. The zero-order valence-corrected chi connectivity index (χ0v) is 12.9. The van der Waals surface area contributed by atoms with Crippen molar-refractivity contribution in [2.75, 3.05) is 12.3 Å². The molecule has 0 fully saturated rings. The number of halogens is 3. The molecular formula is C15H22F3NS. The molecule has 0 bridgehead atoms. The molecule has 1 unspecified atom stereocenters. The van der Waals surface area contributed by atoms with Gasteiger partial charge in [0.05, 0.1) is 0 Å². The second kappa shape index (κ2) is 7.36. The molecule has 0 aliphatic rings. The molecule has 1 atom stereocenters. The molecule has 1 aromatic rings. The van der Waals surface area contributed by atoms with Crippen LogP contribution in [0.25, 0.3) is 0 Å². The molecule has 114 valence electrons. The molecule has 1 nitrogen and oxygen atoms in total. The number of hydrogen-bond donors (Lipinski definition) is 1. The lowest BCUT2D eigenvalue weighted by atomic mass is 9.79. The molecule has 1 rings (SSSR count). The minimum atomic E-state index is -4.13. The Morgan fingerprint density at radius 3 is 2.30 bits per heavy atom. The van der Waals surface area contributed by atoms with Crippen molar-refractivity contribution < 1.29 is 13.2 Å². The van der Waals surface area contributed by atoms with Crippen LogP contribution in [0.15, 0.2) is 30.3 Å². The zero-order valence-electron chi connectivity index (χ0n) is 12.1. The monoisotopic (exact) mass is 305 g/mol. The van der Waals surface area contributed by atoms with Gasteiger partial charge < -0.3 is 5.32 Å². The third kappa shape index (κ3) is 6.66. The maximum atomic E-state index is 12.0. The van der Waals surface area contributed by atoms with Gasteiger partial charge in [0.2, 0.25) is 0 Å². The van der Waals surface area contributed by atoms with E-state index < -0.39 is 5.51 Å². The van der Waals surface area contributed by atoms with E-state index >= 15 is 0 Å². The van der Waals surface area contributed by atoms with Crippen LogP contribution in [0.5, 0.6) is 0 Å². The molecule has 1 N–H and O–H groups in total. The summed E-state index contributed by atoms with van der Waals surface area (Å²) in [6, 6.07) is 10.4. The van der Waals surface area contributed by atoms with Crippen LogP contribution in [0.1, 0.15) is 32.8 Å². The number of thioether (sulfide) groups is 1. The lowest BCUT2D eigenvalue weighted by molar-refractivity contribution is -0.0327. The predicted molar refractivity (Wildman–Crippen MR) is 80.1 cm³/mol. The van der Waals surface area contributed by atoms with E-state index in [1.165, 1.54) is 5.56 Å². The van der Waals surface area contributed by atoms with Gasteiger partial charge >= 0.3 is 5.51 Å². The smallest absolute Gasteiger partial charge is 0.313 e. The molecule has 0 spiro atoms. The minimum absolute atomic E-state index is 0.00481. The van der Waals surface area contributed by atoms with Gasteiger partial charge in [0.15, 0.2) is 0 Å². The first-order valence-electron chi connectivity index (χ1n) is 6.70. The third-order valence-corrected chi connectivity index (χ3v) is 3.97. The molecule has 0 saturated carbocycles. The SMILES string of the molecule is CC(CC(C)(C)c1ccccc1)NCCSC(F)(F)F. The summed E-state index contributed by atoms with van der Waals surface area (Å²) in [6.45, 7) is 6.70. The summed E-state index contributed by atoms with van der Waals surface area (Å²) in [5.41, 5.74) is -2.88. The fraction of sp³-hybridized carbons (Fsp3) is 0.600. The standard InChI is InChI=1S/C15H22F3NS/c1-12(19-9-10-20-15(16,17)18)11-14(2,3)13-7-5-4-6-8-13/h4-8,12,19H,9-11H2,1-3H3. The molecule has 1 aromatic carbocycles. The van der Waals surface area contributed by atoms with Crippen LogP contribution in [0, 0.1) is 0 Å². The maximum Gasteiger partial charge on any atom is 0.441 e. The first kappa shape index (κ1) is 17.4. The van der Waals surface area contributed by atoms with Crippen molar-refractivity contribution in [3.63, 3.8) is 0 Å². The Balaban J connectivity index is 2.36. The Morgan fingerprint density at radius 1 is 1.15 bits per heavy atom. The zero-order chi connectivity index (χ0) is 15.2. The summed E-state index contributed by atoms with van der Waals surface area (Å²) in [5, 5.41) is 3.16. The van der Waals surface area contributed by atoms with E-state index in [2.05, 4.69) is 31.3 Å². The highest BCUT2D eigenvalue weighted by Crippen LogP contribution is 2.30. The van der Waals surface area contributed by atoms with Crippen molar-refractivity contribution in [2.24, 2.45) is 0 Å². The van der Waals surface area contributed by atoms with Gasteiger partial charge in [0.1, 0.15) is 0 Å². The predicted octanol–water partition coefficient (Wildman–Crippen LogP) is 4.59. The van der Waals surface area contributed by atoms with Crippen molar-refractivity contribution in [1.82, 2.24) is 5.32 Å². The molecule has 0 radical (unpaired) electrons. The van der Waals surface area contributed by atoms with E-state index in [0.29, 0.717) is 6.54 Å². The topological polar surface area (TPSA) is 12.0 Å². The van der Waals surface area contributed by atoms with E-state index in [1.54, 1.807) is 0 Å². The van der Waals surface area contributed by atoms with E-state index in [9.17, 15) is 13.2 Å². The molecule has 0 amide bonds. The summed E-state index contributed by atoms with van der Waals surface area (Å²) in [7, 11) is 0. The summed E-state index contributed by atoms with van der Waals surface area (Å²) in [5.74, 6) is 0.0552. The Bertz CT molecular complexity index is 390. The van der Waals surface area contributed by atoms with Crippen LogP contribution in [-0.2, 0) is 5.41 Å². The van der Waals surface area contributed by atoms with Crippen LogP contribution >= 0.6 is 11.8 Å². The Hall–Kier alpha value is -0.680. The van der Waals surface area contributed by atoms with Crippen LogP contribution in [0.4, 0.5) is 13.2 Å². The van der Waals surface area contributed by atoms with Gasteiger partial charge in [-0.25, -0.2) is 0 Å². The normalized spacial score (nSPS) is 14.3. The summed E-state index contributed by atoms with van der Waals surface area (Å²) in [4.78, 5) is 0. The number of nitrogens with one attached hydrogen (secondary N) is 1. The fourth-order valence-electron chi connectivity index (χ4n) is 2.32.